The van der Waals surface area contributed by atoms with Crippen molar-refractivity contribution in [3.63, 3.8) is 0 Å². The van der Waals surface area contributed by atoms with E-state index < -0.39 is 17.7 Å². The van der Waals surface area contributed by atoms with E-state index in [-0.39, 0.29) is 5.56 Å². The van der Waals surface area contributed by atoms with Crippen molar-refractivity contribution in [2.45, 2.75) is 39.4 Å². The van der Waals surface area contributed by atoms with Crippen molar-refractivity contribution in [2.24, 2.45) is 7.05 Å². The number of fused-ring (bicyclic) bond motifs is 2. The molecule has 3 aromatic carbocycles. The lowest BCUT2D eigenvalue weighted by atomic mass is 9.91. The highest BCUT2D eigenvalue weighted by molar-refractivity contribution is 7.22. The van der Waals surface area contributed by atoms with Crippen molar-refractivity contribution >= 4 is 49.9 Å². The maximum atomic E-state index is 12.8. The molecular formula is C35H30ClN3O4S. The van der Waals surface area contributed by atoms with Gasteiger partial charge in [0.05, 0.1) is 21.5 Å². The molecule has 1 N–H and O–H groups in total. The van der Waals surface area contributed by atoms with E-state index in [1.165, 1.54) is 11.3 Å². The van der Waals surface area contributed by atoms with Crippen molar-refractivity contribution in [1.29, 1.82) is 0 Å². The molecule has 0 saturated heterocycles. The van der Waals surface area contributed by atoms with Crippen molar-refractivity contribution in [3.8, 4) is 33.0 Å². The van der Waals surface area contributed by atoms with Crippen LogP contribution in [0.3, 0.4) is 0 Å². The highest BCUT2D eigenvalue weighted by Crippen LogP contribution is 2.44. The van der Waals surface area contributed by atoms with Crippen LogP contribution in [0.25, 0.3) is 53.9 Å². The number of nitrogens with zero attached hydrogens (tertiary/aromatic N) is 3. The molecule has 0 unspecified atom stereocenters. The van der Waals surface area contributed by atoms with Crippen LogP contribution in [0, 0.1) is 6.92 Å². The molecule has 44 heavy (non-hydrogen) atoms. The fourth-order valence-electron chi connectivity index (χ4n) is 5.38. The first-order valence-electron chi connectivity index (χ1n) is 14.1. The topological polar surface area (TPSA) is 94.3 Å². The number of carboxylic acid groups (broad SMARTS) is 1. The lowest BCUT2D eigenvalue weighted by Crippen LogP contribution is -2.28. The Morgan fingerprint density at radius 1 is 1.00 bits per heavy atom. The summed E-state index contributed by atoms with van der Waals surface area (Å²) in [6.07, 6.45) is 2.30. The molecule has 0 bridgehead atoms. The number of rotatable bonds is 6. The first-order valence-corrected chi connectivity index (χ1v) is 15.3. The normalized spacial score (nSPS) is 12.6. The van der Waals surface area contributed by atoms with E-state index in [1.807, 2.05) is 82.3 Å². The van der Waals surface area contributed by atoms with Gasteiger partial charge in [0.15, 0.2) is 6.10 Å². The Kier molecular flexibility index (Phi) is 7.61. The Morgan fingerprint density at radius 3 is 2.43 bits per heavy atom. The van der Waals surface area contributed by atoms with E-state index in [4.69, 9.17) is 21.3 Å². The molecule has 1 atom stereocenters. The standard InChI is InChI=1S/C35H30ClN3O4S/c1-19-16-27-31(29(21-8-10-24(36)11-9-21)28(19)30(34(41)42)43-35(2,3)4)44-32(38-27)23-12-14-37-26(18-23)22-7-6-20-13-15-39(5)33(40)25(20)17-22/h6-18,30H,1-5H3,(H,41,42)/t30-/m0/s1. The number of hydrogen-bond acceptors (Lipinski definition) is 6. The van der Waals surface area contributed by atoms with Gasteiger partial charge in [-0.05, 0) is 86.7 Å². The quantitative estimate of drug-likeness (QED) is 0.200. The number of benzene rings is 3. The average molecular weight is 624 g/mol. The van der Waals surface area contributed by atoms with E-state index >= 15 is 0 Å². The lowest BCUT2D eigenvalue weighted by Gasteiger charge is -2.28. The fraction of sp³-hybridized carbons (Fsp3) is 0.200. The number of hydrogen-bond donors (Lipinski definition) is 1. The first kappa shape index (κ1) is 29.7. The maximum Gasteiger partial charge on any atom is 0.337 e. The number of carboxylic acids is 1. The number of aryl methyl sites for hydroxylation is 2. The summed E-state index contributed by atoms with van der Waals surface area (Å²) in [5.74, 6) is -1.06. The number of halogens is 1. The average Bonchev–Trinajstić information content (AvgIpc) is 3.41. The zero-order chi connectivity index (χ0) is 31.3. The van der Waals surface area contributed by atoms with Crippen molar-refractivity contribution in [1.82, 2.24) is 14.5 Å². The predicted octanol–water partition coefficient (Wildman–Crippen LogP) is 8.45. The third-order valence-electron chi connectivity index (χ3n) is 7.40. The largest absolute Gasteiger partial charge is 0.479 e. The molecule has 3 aromatic heterocycles. The van der Waals surface area contributed by atoms with Gasteiger partial charge >= 0.3 is 5.97 Å². The van der Waals surface area contributed by atoms with Gasteiger partial charge in [-0.1, -0.05) is 35.9 Å². The molecule has 9 heteroatoms. The summed E-state index contributed by atoms with van der Waals surface area (Å²) < 4.78 is 8.54. The minimum absolute atomic E-state index is 0.0670. The second kappa shape index (κ2) is 11.3. The minimum atomic E-state index is -1.19. The molecule has 0 aliphatic rings. The van der Waals surface area contributed by atoms with Gasteiger partial charge < -0.3 is 14.4 Å². The lowest BCUT2D eigenvalue weighted by molar-refractivity contribution is -0.160. The Hall–Kier alpha value is -4.37. The molecule has 0 fully saturated rings. The van der Waals surface area contributed by atoms with Gasteiger partial charge in [0, 0.05) is 52.1 Å². The molecule has 0 aliphatic heterocycles. The molecule has 0 radical (unpaired) electrons. The van der Waals surface area contributed by atoms with E-state index in [2.05, 4.69) is 4.98 Å². The molecule has 6 rings (SSSR count). The molecule has 6 aromatic rings. The highest BCUT2D eigenvalue weighted by Gasteiger charge is 2.32. The second-order valence-corrected chi connectivity index (χ2v) is 13.2. The van der Waals surface area contributed by atoms with Gasteiger partial charge in [-0.3, -0.25) is 9.78 Å². The van der Waals surface area contributed by atoms with Crippen LogP contribution >= 0.6 is 22.9 Å². The number of pyridine rings is 2. The smallest absolute Gasteiger partial charge is 0.337 e. The summed E-state index contributed by atoms with van der Waals surface area (Å²) in [6.45, 7) is 7.43. The minimum Gasteiger partial charge on any atom is -0.479 e. The van der Waals surface area contributed by atoms with E-state index in [0.29, 0.717) is 21.7 Å². The number of thiazole rings is 1. The molecule has 7 nitrogen and oxygen atoms in total. The maximum absolute atomic E-state index is 12.8. The number of carbonyl (C=O) groups is 1. The second-order valence-electron chi connectivity index (χ2n) is 11.8. The van der Waals surface area contributed by atoms with Crippen LogP contribution in [-0.4, -0.2) is 31.2 Å². The Labute approximate surface area is 263 Å². The fourth-order valence-corrected chi connectivity index (χ4v) is 6.63. The van der Waals surface area contributed by atoms with Crippen LogP contribution in [0.15, 0.2) is 83.9 Å². The highest BCUT2D eigenvalue weighted by atomic mass is 35.5. The van der Waals surface area contributed by atoms with Crippen LogP contribution in [0.2, 0.25) is 5.02 Å². The van der Waals surface area contributed by atoms with Crippen LogP contribution in [-0.2, 0) is 16.6 Å². The van der Waals surface area contributed by atoms with Crippen LogP contribution in [0.1, 0.15) is 38.0 Å². The third-order valence-corrected chi connectivity index (χ3v) is 8.79. The van der Waals surface area contributed by atoms with Gasteiger partial charge in [0.2, 0.25) is 0 Å². The monoisotopic (exact) mass is 623 g/mol. The molecule has 222 valence electrons. The third kappa shape index (κ3) is 5.64. The SMILES string of the molecule is Cc1cc2nc(-c3ccnc(-c4ccc5ccn(C)c(=O)c5c4)c3)sc2c(-c2ccc(Cl)cc2)c1[C@H](OC(C)(C)C)C(=O)O. The molecular weight excluding hydrogens is 594 g/mol. The van der Waals surface area contributed by atoms with Gasteiger partial charge in [-0.15, -0.1) is 11.3 Å². The van der Waals surface area contributed by atoms with Crippen LogP contribution in [0.5, 0.6) is 0 Å². The van der Waals surface area contributed by atoms with Crippen LogP contribution < -0.4 is 5.56 Å². The number of ether oxygens (including phenoxy) is 1. The van der Waals surface area contributed by atoms with E-state index in [9.17, 15) is 14.7 Å². The number of aliphatic carboxylic acids is 1. The summed E-state index contributed by atoms with van der Waals surface area (Å²) in [7, 11) is 1.74. The van der Waals surface area contributed by atoms with Gasteiger partial charge in [-0.25, -0.2) is 9.78 Å². The van der Waals surface area contributed by atoms with Crippen molar-refractivity contribution < 1.29 is 14.6 Å². The molecule has 0 amide bonds. The molecule has 0 saturated carbocycles. The predicted molar refractivity (Wildman–Crippen MR) is 177 cm³/mol. The summed E-state index contributed by atoms with van der Waals surface area (Å²) in [5, 5.41) is 13.2. The van der Waals surface area contributed by atoms with Crippen LogP contribution in [0.4, 0.5) is 0 Å². The zero-order valence-electron chi connectivity index (χ0n) is 24.9. The summed E-state index contributed by atoms with van der Waals surface area (Å²) >= 11 is 7.72. The summed E-state index contributed by atoms with van der Waals surface area (Å²) in [4.78, 5) is 35.0. The Balaban J connectivity index is 1.53. The Bertz CT molecular complexity index is 2130. The summed E-state index contributed by atoms with van der Waals surface area (Å²) in [5.41, 5.74) is 5.34. The Morgan fingerprint density at radius 2 is 1.73 bits per heavy atom. The van der Waals surface area contributed by atoms with Gasteiger partial charge in [-0.2, -0.15) is 0 Å². The van der Waals surface area contributed by atoms with E-state index in [1.54, 1.807) is 36.1 Å². The van der Waals surface area contributed by atoms with Gasteiger partial charge in [0.25, 0.3) is 5.56 Å². The molecule has 3 heterocycles. The van der Waals surface area contributed by atoms with Gasteiger partial charge in [0.1, 0.15) is 5.01 Å². The van der Waals surface area contributed by atoms with Crippen molar-refractivity contribution in [3.05, 3.63) is 106 Å². The van der Waals surface area contributed by atoms with Crippen molar-refractivity contribution in [2.75, 3.05) is 0 Å². The summed E-state index contributed by atoms with van der Waals surface area (Å²) in [6, 6.07) is 20.8. The zero-order valence-corrected chi connectivity index (χ0v) is 26.5. The molecule has 0 spiro atoms. The van der Waals surface area contributed by atoms with E-state index in [0.717, 1.165) is 48.4 Å². The number of aromatic nitrogens is 3. The first-order chi connectivity index (χ1) is 20.9. The molecule has 0 aliphatic carbocycles.